The molecular formula is C21H25N10O12P2+. The zero-order valence-electron chi connectivity index (χ0n) is 22.6. The number of nitrogens with zero attached hydrogens (tertiary/aromatic N) is 7. The molecule has 9 N–H and O–H groups in total. The highest BCUT2D eigenvalue weighted by Crippen LogP contribution is 2.51. The van der Waals surface area contributed by atoms with Crippen LogP contribution < -0.4 is 17.0 Å². The molecule has 0 aromatic carbocycles. The number of hydrogen-bond acceptors (Lipinski definition) is 17. The minimum absolute atomic E-state index is 0.0411. The zero-order chi connectivity index (χ0) is 32.2. The van der Waals surface area contributed by atoms with Crippen LogP contribution >= 0.6 is 16.1 Å². The summed E-state index contributed by atoms with van der Waals surface area (Å²) in [5.41, 5.74) is 11.0. The summed E-state index contributed by atoms with van der Waals surface area (Å²) in [5.74, 6) is -0.193. The Balaban J connectivity index is 1.23. The Morgan fingerprint density at radius 2 is 1.82 bits per heavy atom. The molecule has 2 unspecified atom stereocenters. The van der Waals surface area contributed by atoms with Crippen LogP contribution in [0.2, 0.25) is 0 Å². The number of hydrogen-bond donors (Lipinski definition) is 7. The summed E-state index contributed by atoms with van der Waals surface area (Å²) in [7, 11) is -8.34. The van der Waals surface area contributed by atoms with Crippen LogP contribution in [0.3, 0.4) is 0 Å². The number of nitrogens with two attached hydrogens (primary N) is 2. The Bertz CT molecular complexity index is 1900. The summed E-state index contributed by atoms with van der Waals surface area (Å²) >= 11 is 0. The van der Waals surface area contributed by atoms with Gasteiger partial charge in [0.25, 0.3) is 5.56 Å². The second kappa shape index (κ2) is 11.9. The Labute approximate surface area is 250 Å². The van der Waals surface area contributed by atoms with Gasteiger partial charge in [-0.15, -0.1) is 9.42 Å². The van der Waals surface area contributed by atoms with Crippen LogP contribution in [0.25, 0.3) is 22.3 Å². The third kappa shape index (κ3) is 5.73. The second-order valence-corrected chi connectivity index (χ2v) is 11.9. The molecular weight excluding hydrogens is 646 g/mol. The largest absolute Gasteiger partial charge is 0.695 e. The molecule has 24 heteroatoms. The molecule has 22 nitrogen and oxygen atoms in total. The third-order valence-corrected chi connectivity index (χ3v) is 8.46. The van der Waals surface area contributed by atoms with Crippen molar-refractivity contribution in [3.63, 3.8) is 0 Å². The predicted molar refractivity (Wildman–Crippen MR) is 148 cm³/mol. The van der Waals surface area contributed by atoms with E-state index in [-0.39, 0.29) is 39.7 Å². The van der Waals surface area contributed by atoms with Gasteiger partial charge in [0.1, 0.15) is 36.3 Å². The molecule has 0 bridgehead atoms. The van der Waals surface area contributed by atoms with Gasteiger partial charge in [0.15, 0.2) is 41.2 Å². The zero-order valence-corrected chi connectivity index (χ0v) is 24.4. The smallest absolute Gasteiger partial charge is 0.393 e. The average molecular weight is 671 g/mol. The quantitative estimate of drug-likeness (QED) is 0.0734. The lowest BCUT2D eigenvalue weighted by Gasteiger charge is -2.24. The molecule has 9 atom stereocenters. The van der Waals surface area contributed by atoms with E-state index in [2.05, 4.69) is 36.5 Å². The van der Waals surface area contributed by atoms with Crippen LogP contribution in [-0.2, 0) is 32.2 Å². The number of phosphoric ester groups is 1. The average Bonchev–Trinajstić information content (AvgIpc) is 3.73. The number of H-pyrrole nitrogens is 1. The summed E-state index contributed by atoms with van der Waals surface area (Å²) in [4.78, 5) is 54.7. The lowest BCUT2D eigenvalue weighted by Crippen LogP contribution is -2.35. The maximum atomic E-state index is 13.2. The summed E-state index contributed by atoms with van der Waals surface area (Å²) in [5, 5.41) is 20.7. The fraction of sp³-hybridized carbons (Fsp3) is 0.429. The molecule has 0 radical (unpaired) electrons. The molecule has 0 saturated carbocycles. The highest BCUT2D eigenvalue weighted by atomic mass is 31.2. The SMILES string of the molecule is C=C1[C@@H](OP(=O)(O)OC[C@H]2O[C@@H](n3cnc4c(N)ncnc43)[C@H](O)[C@@H]2O[P+](=O)O)[C@H](n2cnc3c(=O)[nH]c(N)nc32)O[C@@H]1CO. The minimum Gasteiger partial charge on any atom is -0.393 e. The number of rotatable bonds is 10. The number of aliphatic hydroxyl groups is 2. The second-order valence-electron chi connectivity index (χ2n) is 9.78. The molecule has 2 aliphatic heterocycles. The van der Waals surface area contributed by atoms with Gasteiger partial charge in [0.2, 0.25) is 5.95 Å². The fourth-order valence-corrected chi connectivity index (χ4v) is 6.42. The first kappa shape index (κ1) is 31.2. The molecule has 45 heavy (non-hydrogen) atoms. The molecule has 6 heterocycles. The number of aromatic nitrogens is 8. The molecule has 4 aromatic heterocycles. The van der Waals surface area contributed by atoms with Gasteiger partial charge >= 0.3 is 16.1 Å². The number of anilines is 2. The first-order valence-electron chi connectivity index (χ1n) is 12.8. The van der Waals surface area contributed by atoms with Gasteiger partial charge in [0, 0.05) is 4.57 Å². The Morgan fingerprint density at radius 3 is 2.53 bits per heavy atom. The van der Waals surface area contributed by atoms with Gasteiger partial charge in [0.05, 0.1) is 25.9 Å². The number of ether oxygens (including phenoxy) is 2. The topological polar surface area (TPSA) is 320 Å². The lowest BCUT2D eigenvalue weighted by molar-refractivity contribution is -0.0608. The van der Waals surface area contributed by atoms with Crippen molar-refractivity contribution < 1.29 is 52.2 Å². The third-order valence-electron chi connectivity index (χ3n) is 7.06. The van der Waals surface area contributed by atoms with Crippen molar-refractivity contribution >= 4 is 50.2 Å². The van der Waals surface area contributed by atoms with Crippen molar-refractivity contribution in [1.82, 2.24) is 39.0 Å². The highest BCUT2D eigenvalue weighted by Gasteiger charge is 2.52. The number of fused-ring (bicyclic) bond motifs is 2. The number of aliphatic hydroxyl groups excluding tert-OH is 2. The molecule has 240 valence electrons. The van der Waals surface area contributed by atoms with E-state index in [4.69, 9.17) is 34.5 Å². The standard InChI is InChI=1S/C21H24N10O12P2/c1-7-8(2-32)40-20(31-6-27-11-17(31)28-21(23)29-18(11)34)13(7)43-45(37,38)39-3-9-14(42-44(35)36)12(33)19(41-9)30-5-26-10-15(22)24-4-25-16(10)30/h4-6,8-9,12-14,19-20,32-33H,1-3H2,(H6-,22,23,24,25,28,29,34,35,36,37,38)/p+1/t8-,9-,12-,13-,14-,19-,20-/m1/s1. The minimum atomic E-state index is -5.07. The van der Waals surface area contributed by atoms with Gasteiger partial charge in [-0.05, 0) is 5.57 Å². The summed E-state index contributed by atoms with van der Waals surface area (Å²) in [6, 6.07) is 0. The lowest BCUT2D eigenvalue weighted by atomic mass is 10.1. The van der Waals surface area contributed by atoms with E-state index in [0.29, 0.717) is 0 Å². The number of aromatic amines is 1. The highest BCUT2D eigenvalue weighted by molar-refractivity contribution is 7.47. The number of nitrogens with one attached hydrogen (secondary N) is 1. The molecule has 4 aromatic rings. The first-order chi connectivity index (χ1) is 21.4. The van der Waals surface area contributed by atoms with Crippen molar-refractivity contribution in [2.75, 3.05) is 24.7 Å². The van der Waals surface area contributed by atoms with Crippen molar-refractivity contribution in [3.05, 3.63) is 41.5 Å². The van der Waals surface area contributed by atoms with E-state index < -0.39 is 77.8 Å². The Kier molecular flexibility index (Phi) is 8.22. The maximum Gasteiger partial charge on any atom is 0.695 e. The van der Waals surface area contributed by atoms with E-state index in [1.54, 1.807) is 0 Å². The number of imidazole rings is 2. The molecule has 6 rings (SSSR count). The number of phosphoric acid groups is 1. The molecule has 0 aliphatic carbocycles. The van der Waals surface area contributed by atoms with E-state index in [1.807, 2.05) is 0 Å². The summed E-state index contributed by atoms with van der Waals surface area (Å²) < 4.78 is 54.4. The van der Waals surface area contributed by atoms with Crippen LogP contribution in [0.4, 0.5) is 11.8 Å². The molecule has 2 aliphatic rings. The van der Waals surface area contributed by atoms with Crippen molar-refractivity contribution in [1.29, 1.82) is 0 Å². The normalized spacial score (nSPS) is 28.7. The van der Waals surface area contributed by atoms with E-state index >= 15 is 0 Å². The Hall–Kier alpha value is -3.79. The summed E-state index contributed by atoms with van der Waals surface area (Å²) in [6.07, 6.45) is -6.16. The van der Waals surface area contributed by atoms with Crippen molar-refractivity contribution in [2.24, 2.45) is 0 Å². The van der Waals surface area contributed by atoms with Gasteiger partial charge in [-0.2, -0.15) is 4.98 Å². The van der Waals surface area contributed by atoms with Crippen LogP contribution in [-0.4, -0.2) is 103 Å². The number of nitrogen functional groups attached to an aromatic ring is 2. The maximum absolute atomic E-state index is 13.2. The van der Waals surface area contributed by atoms with E-state index in [0.717, 1.165) is 12.7 Å². The van der Waals surface area contributed by atoms with Gasteiger partial charge in [-0.25, -0.2) is 24.5 Å². The molecule has 0 amide bonds. The molecule has 2 saturated heterocycles. The van der Waals surface area contributed by atoms with Crippen LogP contribution in [0, 0.1) is 0 Å². The summed E-state index contributed by atoms with van der Waals surface area (Å²) in [6.45, 7) is 2.42. The van der Waals surface area contributed by atoms with Crippen LogP contribution in [0.15, 0.2) is 35.9 Å². The van der Waals surface area contributed by atoms with Gasteiger partial charge in [-0.3, -0.25) is 28.0 Å². The van der Waals surface area contributed by atoms with E-state index in [1.165, 1.54) is 15.5 Å². The fourth-order valence-electron chi connectivity index (χ4n) is 5.03. The van der Waals surface area contributed by atoms with Crippen molar-refractivity contribution in [3.8, 4) is 0 Å². The van der Waals surface area contributed by atoms with Crippen LogP contribution in [0.1, 0.15) is 12.5 Å². The van der Waals surface area contributed by atoms with Crippen molar-refractivity contribution in [2.45, 2.75) is 43.0 Å². The monoisotopic (exact) mass is 671 g/mol. The van der Waals surface area contributed by atoms with Gasteiger partial charge in [-0.1, -0.05) is 6.58 Å². The first-order valence-corrected chi connectivity index (χ1v) is 15.4. The predicted octanol–water partition coefficient (Wildman–Crippen LogP) is -1.63. The Morgan fingerprint density at radius 1 is 1.11 bits per heavy atom. The van der Waals surface area contributed by atoms with E-state index in [9.17, 15) is 33.9 Å². The van der Waals surface area contributed by atoms with Crippen LogP contribution in [0.5, 0.6) is 0 Å². The molecule has 2 fully saturated rings. The molecule has 0 spiro atoms. The van der Waals surface area contributed by atoms with Gasteiger partial charge < -0.3 is 36.0 Å².